The summed E-state index contributed by atoms with van der Waals surface area (Å²) in [6.07, 6.45) is 5.81. The molecule has 0 radical (unpaired) electrons. The number of aryl methyl sites for hydroxylation is 2. The molecule has 3 rings (SSSR count). The molecule has 0 aliphatic carbocycles. The Hall–Kier alpha value is -2.13. The van der Waals surface area contributed by atoms with E-state index in [0.29, 0.717) is 0 Å². The van der Waals surface area contributed by atoms with E-state index in [1.54, 1.807) is 6.33 Å². The van der Waals surface area contributed by atoms with Gasteiger partial charge in [0, 0.05) is 10.0 Å². The summed E-state index contributed by atoms with van der Waals surface area (Å²) in [5.41, 5.74) is 8.40. The lowest BCUT2D eigenvalue weighted by Gasteiger charge is -2.12. The van der Waals surface area contributed by atoms with Crippen LogP contribution in [-0.4, -0.2) is 9.97 Å². The van der Waals surface area contributed by atoms with Gasteiger partial charge >= 0.3 is 0 Å². The van der Waals surface area contributed by atoms with Gasteiger partial charge in [0.1, 0.15) is 0 Å². The first-order valence-electron chi connectivity index (χ1n) is 7.59. The highest BCUT2D eigenvalue weighted by molar-refractivity contribution is 9.10. The van der Waals surface area contributed by atoms with Gasteiger partial charge in [-0.15, -0.1) is 0 Å². The molecule has 0 aliphatic rings. The molecule has 0 aliphatic heterocycles. The standard InChI is InChI=1S/C20H19BrN2/c1-13-5-4-6-17(15(13)3)18(20-11-22-12-23-20)10-16-7-8-19(21)14(2)9-16/h4-12H,1-3H3,(H,22,23)/b18-10-. The topological polar surface area (TPSA) is 28.7 Å². The monoisotopic (exact) mass is 366 g/mol. The number of halogens is 1. The van der Waals surface area contributed by atoms with Crippen molar-refractivity contribution in [1.82, 2.24) is 9.97 Å². The van der Waals surface area contributed by atoms with Crippen molar-refractivity contribution >= 4 is 27.6 Å². The number of aromatic amines is 1. The van der Waals surface area contributed by atoms with Crippen molar-refractivity contribution in [2.24, 2.45) is 0 Å². The maximum atomic E-state index is 4.19. The molecule has 0 atom stereocenters. The summed E-state index contributed by atoms with van der Waals surface area (Å²) in [7, 11) is 0. The lowest BCUT2D eigenvalue weighted by molar-refractivity contribution is 1.28. The summed E-state index contributed by atoms with van der Waals surface area (Å²) in [6.45, 7) is 6.42. The molecule has 3 heteroatoms. The molecule has 116 valence electrons. The Morgan fingerprint density at radius 1 is 1.09 bits per heavy atom. The molecule has 1 heterocycles. The van der Waals surface area contributed by atoms with Crippen LogP contribution in [0.2, 0.25) is 0 Å². The molecule has 2 aromatic carbocycles. The summed E-state index contributed by atoms with van der Waals surface area (Å²) in [4.78, 5) is 7.43. The number of H-pyrrole nitrogens is 1. The van der Waals surface area contributed by atoms with Gasteiger partial charge in [0.25, 0.3) is 0 Å². The Balaban J connectivity index is 2.18. The lowest BCUT2D eigenvalue weighted by atomic mass is 9.93. The second-order valence-corrected chi connectivity index (χ2v) is 6.63. The predicted molar refractivity (Wildman–Crippen MR) is 100 cm³/mol. The summed E-state index contributed by atoms with van der Waals surface area (Å²) in [5, 5.41) is 0. The van der Waals surface area contributed by atoms with E-state index in [9.17, 15) is 0 Å². The van der Waals surface area contributed by atoms with Crippen molar-refractivity contribution in [3.8, 4) is 0 Å². The fraction of sp³-hybridized carbons (Fsp3) is 0.150. The van der Waals surface area contributed by atoms with Gasteiger partial charge < -0.3 is 4.98 Å². The lowest BCUT2D eigenvalue weighted by Crippen LogP contribution is -1.94. The van der Waals surface area contributed by atoms with Crippen LogP contribution in [0.25, 0.3) is 11.6 Å². The van der Waals surface area contributed by atoms with Crippen LogP contribution >= 0.6 is 15.9 Å². The largest absolute Gasteiger partial charge is 0.345 e. The quantitative estimate of drug-likeness (QED) is 0.592. The van der Waals surface area contributed by atoms with Crippen LogP contribution in [0.3, 0.4) is 0 Å². The molecule has 0 bridgehead atoms. The number of rotatable bonds is 3. The molecule has 23 heavy (non-hydrogen) atoms. The highest BCUT2D eigenvalue weighted by Gasteiger charge is 2.11. The van der Waals surface area contributed by atoms with Gasteiger partial charge in [-0.1, -0.05) is 46.3 Å². The van der Waals surface area contributed by atoms with Crippen molar-refractivity contribution in [2.75, 3.05) is 0 Å². The number of nitrogens with zero attached hydrogens (tertiary/aromatic N) is 1. The van der Waals surface area contributed by atoms with E-state index in [2.05, 4.69) is 89.1 Å². The van der Waals surface area contributed by atoms with Crippen LogP contribution in [-0.2, 0) is 0 Å². The maximum absolute atomic E-state index is 4.19. The van der Waals surface area contributed by atoms with Gasteiger partial charge in [0.05, 0.1) is 18.2 Å². The first kappa shape index (κ1) is 15.8. The number of aromatic nitrogens is 2. The fourth-order valence-corrected chi connectivity index (χ4v) is 2.92. The molecule has 0 saturated carbocycles. The molecule has 0 unspecified atom stereocenters. The average Bonchev–Trinajstić information content (AvgIpc) is 3.06. The van der Waals surface area contributed by atoms with Crippen molar-refractivity contribution in [3.63, 3.8) is 0 Å². The van der Waals surface area contributed by atoms with Gasteiger partial charge in [-0.05, 0) is 60.7 Å². The Bertz CT molecular complexity index is 861. The summed E-state index contributed by atoms with van der Waals surface area (Å²) in [5.74, 6) is 0. The summed E-state index contributed by atoms with van der Waals surface area (Å²) < 4.78 is 1.13. The van der Waals surface area contributed by atoms with Crippen LogP contribution in [0.15, 0.2) is 53.4 Å². The minimum Gasteiger partial charge on any atom is -0.345 e. The molecule has 0 saturated heterocycles. The first-order chi connectivity index (χ1) is 11.1. The zero-order valence-corrected chi connectivity index (χ0v) is 15.1. The van der Waals surface area contributed by atoms with Crippen molar-refractivity contribution in [2.45, 2.75) is 20.8 Å². The number of nitrogens with one attached hydrogen (secondary N) is 1. The number of benzene rings is 2. The SMILES string of the molecule is Cc1cc(/C=C(\c2cnc[nH]2)c2cccc(C)c2C)ccc1Br. The van der Waals surface area contributed by atoms with Gasteiger partial charge in [-0.2, -0.15) is 0 Å². The van der Waals surface area contributed by atoms with E-state index < -0.39 is 0 Å². The zero-order valence-electron chi connectivity index (χ0n) is 13.5. The molecular weight excluding hydrogens is 348 g/mol. The molecule has 1 N–H and O–H groups in total. The number of hydrogen-bond acceptors (Lipinski definition) is 1. The van der Waals surface area contributed by atoms with E-state index in [-0.39, 0.29) is 0 Å². The van der Waals surface area contributed by atoms with E-state index in [1.807, 2.05) is 6.20 Å². The van der Waals surface area contributed by atoms with Crippen LogP contribution in [0.5, 0.6) is 0 Å². The van der Waals surface area contributed by atoms with Crippen LogP contribution in [0.1, 0.15) is 33.5 Å². The Kier molecular flexibility index (Phi) is 4.49. The molecular formula is C20H19BrN2. The van der Waals surface area contributed by atoms with E-state index in [4.69, 9.17) is 0 Å². The van der Waals surface area contributed by atoms with Crippen LogP contribution in [0.4, 0.5) is 0 Å². The average molecular weight is 367 g/mol. The minimum atomic E-state index is 1.03. The predicted octanol–water partition coefficient (Wildman–Crippen LogP) is 5.69. The van der Waals surface area contributed by atoms with E-state index in [1.165, 1.54) is 27.8 Å². The van der Waals surface area contributed by atoms with E-state index >= 15 is 0 Å². The summed E-state index contributed by atoms with van der Waals surface area (Å²) in [6, 6.07) is 12.8. The van der Waals surface area contributed by atoms with Crippen molar-refractivity contribution in [3.05, 3.63) is 86.9 Å². The highest BCUT2D eigenvalue weighted by atomic mass is 79.9. The highest BCUT2D eigenvalue weighted by Crippen LogP contribution is 2.29. The third kappa shape index (κ3) is 3.30. The molecule has 1 aromatic heterocycles. The molecule has 0 amide bonds. The van der Waals surface area contributed by atoms with E-state index in [0.717, 1.165) is 15.7 Å². The molecule has 2 nitrogen and oxygen atoms in total. The Morgan fingerprint density at radius 3 is 2.61 bits per heavy atom. The second-order valence-electron chi connectivity index (χ2n) is 5.78. The van der Waals surface area contributed by atoms with Crippen LogP contribution in [0, 0.1) is 20.8 Å². The number of hydrogen-bond donors (Lipinski definition) is 1. The fourth-order valence-electron chi connectivity index (χ4n) is 2.67. The summed E-state index contributed by atoms with van der Waals surface area (Å²) >= 11 is 3.56. The third-order valence-corrected chi connectivity index (χ3v) is 5.07. The minimum absolute atomic E-state index is 1.03. The van der Waals surface area contributed by atoms with Crippen LogP contribution < -0.4 is 0 Å². The van der Waals surface area contributed by atoms with Crippen molar-refractivity contribution in [1.29, 1.82) is 0 Å². The van der Waals surface area contributed by atoms with Gasteiger partial charge in [0.2, 0.25) is 0 Å². The number of imidazole rings is 1. The molecule has 3 aromatic rings. The van der Waals surface area contributed by atoms with Gasteiger partial charge in [-0.25, -0.2) is 4.98 Å². The smallest absolute Gasteiger partial charge is 0.0924 e. The Morgan fingerprint density at radius 2 is 1.91 bits per heavy atom. The first-order valence-corrected chi connectivity index (χ1v) is 8.39. The normalized spacial score (nSPS) is 11.7. The molecule has 0 fully saturated rings. The Labute approximate surface area is 145 Å². The van der Waals surface area contributed by atoms with Crippen molar-refractivity contribution < 1.29 is 0 Å². The van der Waals surface area contributed by atoms with Gasteiger partial charge in [-0.3, -0.25) is 0 Å². The molecule has 0 spiro atoms. The zero-order chi connectivity index (χ0) is 16.4. The third-order valence-electron chi connectivity index (χ3n) is 4.18. The maximum Gasteiger partial charge on any atom is 0.0924 e. The van der Waals surface area contributed by atoms with Gasteiger partial charge in [0.15, 0.2) is 0 Å². The second kappa shape index (κ2) is 6.55.